The van der Waals surface area contributed by atoms with Gasteiger partial charge in [-0.3, -0.25) is 4.79 Å². The lowest BCUT2D eigenvalue weighted by Gasteiger charge is -2.14. The van der Waals surface area contributed by atoms with E-state index in [9.17, 15) is 4.79 Å². The molecule has 0 aromatic heterocycles. The van der Waals surface area contributed by atoms with Gasteiger partial charge >= 0.3 is 0 Å². The number of hydrogen-bond acceptors (Lipinski definition) is 3. The van der Waals surface area contributed by atoms with Gasteiger partial charge in [-0.1, -0.05) is 6.92 Å². The molecular weight excluding hydrogens is 156 g/mol. The van der Waals surface area contributed by atoms with Gasteiger partial charge in [0.15, 0.2) is 0 Å². The topological polar surface area (TPSA) is 75.4 Å². The zero-order valence-corrected chi connectivity index (χ0v) is 7.71. The van der Waals surface area contributed by atoms with Crippen LogP contribution in [0.15, 0.2) is 0 Å². The highest BCUT2D eigenvalue weighted by atomic mass is 16.3. The smallest absolute Gasteiger partial charge is 0.223 e. The van der Waals surface area contributed by atoms with Gasteiger partial charge in [0.25, 0.3) is 0 Å². The van der Waals surface area contributed by atoms with E-state index >= 15 is 0 Å². The van der Waals surface area contributed by atoms with Crippen molar-refractivity contribution in [3.63, 3.8) is 0 Å². The van der Waals surface area contributed by atoms with Gasteiger partial charge in [-0.25, -0.2) is 0 Å². The van der Waals surface area contributed by atoms with E-state index in [4.69, 9.17) is 10.8 Å². The maximum absolute atomic E-state index is 11.2. The second-order valence-electron chi connectivity index (χ2n) is 3.07. The number of aliphatic hydroxyl groups excluding tert-OH is 1. The predicted molar refractivity (Wildman–Crippen MR) is 47.5 cm³/mol. The summed E-state index contributed by atoms with van der Waals surface area (Å²) in [6, 6.07) is -0.169. The van der Waals surface area contributed by atoms with Crippen molar-refractivity contribution in [3.05, 3.63) is 0 Å². The summed E-state index contributed by atoms with van der Waals surface area (Å²) in [5.41, 5.74) is 5.30. The van der Waals surface area contributed by atoms with Crippen LogP contribution in [0.25, 0.3) is 0 Å². The number of amides is 1. The Balaban J connectivity index is 3.70. The van der Waals surface area contributed by atoms with E-state index in [0.717, 1.165) is 0 Å². The van der Waals surface area contributed by atoms with Gasteiger partial charge in [-0.05, 0) is 19.9 Å². The quantitative estimate of drug-likeness (QED) is 0.524. The van der Waals surface area contributed by atoms with Crippen LogP contribution in [0, 0.1) is 5.92 Å². The average Bonchev–Trinajstić information content (AvgIpc) is 2.04. The van der Waals surface area contributed by atoms with Crippen molar-refractivity contribution >= 4 is 5.91 Å². The molecule has 0 aliphatic heterocycles. The first-order valence-electron chi connectivity index (χ1n) is 4.23. The predicted octanol–water partition coefficient (Wildman–Crippen LogP) is -0.532. The Morgan fingerprint density at radius 3 is 2.58 bits per heavy atom. The molecular formula is C8H18N2O2. The van der Waals surface area contributed by atoms with Gasteiger partial charge in [0.2, 0.25) is 5.91 Å². The summed E-state index contributed by atoms with van der Waals surface area (Å²) in [6.45, 7) is 4.07. The van der Waals surface area contributed by atoms with Crippen molar-refractivity contribution in [1.29, 1.82) is 0 Å². The van der Waals surface area contributed by atoms with E-state index in [1.165, 1.54) is 0 Å². The summed E-state index contributed by atoms with van der Waals surface area (Å²) >= 11 is 0. The fraction of sp³-hybridized carbons (Fsp3) is 0.875. The third-order valence-electron chi connectivity index (χ3n) is 1.71. The van der Waals surface area contributed by atoms with Crippen molar-refractivity contribution in [3.8, 4) is 0 Å². The Morgan fingerprint density at radius 1 is 1.58 bits per heavy atom. The van der Waals surface area contributed by atoms with E-state index in [1.54, 1.807) is 6.92 Å². The molecule has 4 N–H and O–H groups in total. The zero-order chi connectivity index (χ0) is 9.56. The van der Waals surface area contributed by atoms with Gasteiger partial charge in [0.05, 0.1) is 6.61 Å². The van der Waals surface area contributed by atoms with Crippen LogP contribution < -0.4 is 11.1 Å². The molecule has 72 valence electrons. The molecule has 0 aliphatic carbocycles. The van der Waals surface area contributed by atoms with Gasteiger partial charge in [-0.2, -0.15) is 0 Å². The molecule has 0 radical (unpaired) electrons. The molecule has 2 atom stereocenters. The number of aliphatic hydroxyl groups is 1. The summed E-state index contributed by atoms with van der Waals surface area (Å²) in [5.74, 6) is -0.106. The van der Waals surface area contributed by atoms with Crippen molar-refractivity contribution in [1.82, 2.24) is 5.32 Å². The normalized spacial score (nSPS) is 15.3. The molecule has 0 saturated carbocycles. The molecule has 4 nitrogen and oxygen atoms in total. The molecule has 0 rings (SSSR count). The number of carbonyl (C=O) groups is 1. The van der Waals surface area contributed by atoms with Crippen LogP contribution >= 0.6 is 0 Å². The van der Waals surface area contributed by atoms with E-state index in [1.807, 2.05) is 6.92 Å². The second kappa shape index (κ2) is 5.97. The van der Waals surface area contributed by atoms with E-state index < -0.39 is 0 Å². The maximum Gasteiger partial charge on any atom is 0.223 e. The number of nitrogens with two attached hydrogens (primary N) is 1. The monoisotopic (exact) mass is 174 g/mol. The number of nitrogens with one attached hydrogen (secondary N) is 1. The van der Waals surface area contributed by atoms with E-state index in [2.05, 4.69) is 5.32 Å². The number of hydrogen-bond donors (Lipinski definition) is 3. The summed E-state index contributed by atoms with van der Waals surface area (Å²) in [5, 5.41) is 11.3. The first-order chi connectivity index (χ1) is 5.61. The number of rotatable bonds is 5. The lowest BCUT2D eigenvalue weighted by Crippen LogP contribution is -2.38. The molecule has 0 heterocycles. The van der Waals surface area contributed by atoms with Gasteiger partial charge < -0.3 is 16.2 Å². The molecule has 0 aromatic rings. The third-order valence-corrected chi connectivity index (χ3v) is 1.71. The molecule has 0 aromatic carbocycles. The van der Waals surface area contributed by atoms with Gasteiger partial charge in [0, 0.05) is 12.0 Å². The highest BCUT2D eigenvalue weighted by Crippen LogP contribution is 1.99. The molecule has 0 aliphatic rings. The molecule has 0 fully saturated rings. The molecule has 0 bridgehead atoms. The lowest BCUT2D eigenvalue weighted by atomic mass is 10.1. The number of carbonyl (C=O) groups excluding carboxylic acids is 1. The van der Waals surface area contributed by atoms with Crippen LogP contribution in [-0.2, 0) is 4.79 Å². The summed E-state index contributed by atoms with van der Waals surface area (Å²) < 4.78 is 0. The third kappa shape index (κ3) is 4.31. The zero-order valence-electron chi connectivity index (χ0n) is 7.71. The van der Waals surface area contributed by atoms with Crippen LogP contribution in [0.5, 0.6) is 0 Å². The summed E-state index contributed by atoms with van der Waals surface area (Å²) in [4.78, 5) is 11.2. The standard InChI is InChI=1S/C8H18N2O2/c1-6(3-4-9)8(12)10-7(2)5-11/h6-7,11H,3-5,9H2,1-2H3,(H,10,12)/t6?,7-/m1/s1. The SMILES string of the molecule is CC(CCN)C(=O)N[C@H](C)CO. The minimum Gasteiger partial charge on any atom is -0.394 e. The van der Waals surface area contributed by atoms with Crippen molar-refractivity contribution in [2.45, 2.75) is 26.3 Å². The Kier molecular flexibility index (Phi) is 5.66. The largest absolute Gasteiger partial charge is 0.394 e. The van der Waals surface area contributed by atoms with Crippen LogP contribution in [0.4, 0.5) is 0 Å². The molecule has 0 spiro atoms. The summed E-state index contributed by atoms with van der Waals surface area (Å²) in [6.07, 6.45) is 0.685. The van der Waals surface area contributed by atoms with Crippen LogP contribution in [0.1, 0.15) is 20.3 Å². The first kappa shape index (κ1) is 11.4. The fourth-order valence-electron chi connectivity index (χ4n) is 0.812. The lowest BCUT2D eigenvalue weighted by molar-refractivity contribution is -0.125. The van der Waals surface area contributed by atoms with Crippen LogP contribution in [-0.4, -0.2) is 30.2 Å². The second-order valence-corrected chi connectivity index (χ2v) is 3.07. The van der Waals surface area contributed by atoms with Crippen molar-refractivity contribution < 1.29 is 9.90 Å². The minimum atomic E-state index is -0.169. The average molecular weight is 174 g/mol. The fourth-order valence-corrected chi connectivity index (χ4v) is 0.812. The molecule has 12 heavy (non-hydrogen) atoms. The Morgan fingerprint density at radius 2 is 2.17 bits per heavy atom. The van der Waals surface area contributed by atoms with E-state index in [0.29, 0.717) is 13.0 Å². The first-order valence-corrected chi connectivity index (χ1v) is 4.23. The Hall–Kier alpha value is -0.610. The molecule has 1 amide bonds. The van der Waals surface area contributed by atoms with Gasteiger partial charge in [-0.15, -0.1) is 0 Å². The molecule has 1 unspecified atom stereocenters. The van der Waals surface area contributed by atoms with Crippen LogP contribution in [0.3, 0.4) is 0 Å². The highest BCUT2D eigenvalue weighted by molar-refractivity contribution is 5.78. The Bertz CT molecular complexity index is 139. The van der Waals surface area contributed by atoms with Crippen molar-refractivity contribution in [2.75, 3.05) is 13.2 Å². The van der Waals surface area contributed by atoms with E-state index in [-0.39, 0.29) is 24.5 Å². The molecule has 0 saturated heterocycles. The van der Waals surface area contributed by atoms with Crippen LogP contribution in [0.2, 0.25) is 0 Å². The summed E-state index contributed by atoms with van der Waals surface area (Å²) in [7, 11) is 0. The minimum absolute atomic E-state index is 0.0267. The van der Waals surface area contributed by atoms with Gasteiger partial charge in [0.1, 0.15) is 0 Å². The maximum atomic E-state index is 11.2. The molecule has 4 heteroatoms. The Labute approximate surface area is 73.1 Å². The van der Waals surface area contributed by atoms with Crippen molar-refractivity contribution in [2.24, 2.45) is 11.7 Å². The highest BCUT2D eigenvalue weighted by Gasteiger charge is 2.13.